The Bertz CT molecular complexity index is 528. The van der Waals surface area contributed by atoms with Gasteiger partial charge in [-0.2, -0.15) is 0 Å². The van der Waals surface area contributed by atoms with Crippen molar-refractivity contribution in [1.82, 2.24) is 4.31 Å². The molecular weight excluding hydrogens is 270 g/mol. The highest BCUT2D eigenvalue weighted by molar-refractivity contribution is 7.91. The molecule has 0 fully saturated rings. The van der Waals surface area contributed by atoms with E-state index in [2.05, 4.69) is 13.8 Å². The van der Waals surface area contributed by atoms with Gasteiger partial charge in [-0.1, -0.05) is 33.8 Å². The first kappa shape index (κ1) is 17.0. The third kappa shape index (κ3) is 3.73. The van der Waals surface area contributed by atoms with E-state index >= 15 is 0 Å². The molecule has 1 rings (SSSR count). The lowest BCUT2D eigenvalue weighted by molar-refractivity contribution is 0.476. The van der Waals surface area contributed by atoms with Crippen LogP contribution < -0.4 is 5.73 Å². The Morgan fingerprint density at radius 2 is 1.80 bits per heavy atom. The summed E-state index contributed by atoms with van der Waals surface area (Å²) in [7, 11) is -2.58. The molecule has 4 nitrogen and oxygen atoms in total. The highest BCUT2D eigenvalue weighted by Gasteiger charge is 2.21. The molecule has 0 saturated heterocycles. The number of nitrogens with two attached hydrogens (primary N) is 1. The molecule has 0 radical (unpaired) electrons. The molecule has 0 amide bonds. The predicted octanol–water partition coefficient (Wildman–Crippen LogP) is 3.54. The summed E-state index contributed by atoms with van der Waals surface area (Å²) in [6, 6.07) is 7.42. The van der Waals surface area contributed by atoms with Crippen molar-refractivity contribution >= 4 is 15.6 Å². The van der Waals surface area contributed by atoms with Crippen LogP contribution in [0.2, 0.25) is 0 Å². The first-order valence-electron chi connectivity index (χ1n) is 7.38. The molecule has 1 unspecified atom stereocenters. The SMILES string of the molecule is CCC(CC)N=S(=O)(c1cccc(N)c1)N(CC)CC. The van der Waals surface area contributed by atoms with Crippen LogP contribution in [0.1, 0.15) is 40.5 Å². The van der Waals surface area contributed by atoms with E-state index in [1.165, 1.54) is 0 Å². The number of hydrogen-bond donors (Lipinski definition) is 1. The van der Waals surface area contributed by atoms with Crippen molar-refractivity contribution in [2.75, 3.05) is 18.8 Å². The van der Waals surface area contributed by atoms with Crippen molar-refractivity contribution in [3.63, 3.8) is 0 Å². The van der Waals surface area contributed by atoms with Crippen molar-refractivity contribution in [1.29, 1.82) is 0 Å². The number of benzene rings is 1. The van der Waals surface area contributed by atoms with Gasteiger partial charge in [0, 0.05) is 18.8 Å². The summed E-state index contributed by atoms with van der Waals surface area (Å²) in [4.78, 5) is 0.716. The molecule has 5 heteroatoms. The first-order chi connectivity index (χ1) is 9.51. The van der Waals surface area contributed by atoms with Crippen molar-refractivity contribution in [3.8, 4) is 0 Å². The predicted molar refractivity (Wildman–Crippen MR) is 87.0 cm³/mol. The molecule has 1 aromatic carbocycles. The lowest BCUT2D eigenvalue weighted by Gasteiger charge is -2.25. The van der Waals surface area contributed by atoms with E-state index in [9.17, 15) is 4.21 Å². The van der Waals surface area contributed by atoms with E-state index in [0.29, 0.717) is 23.7 Å². The number of hydrogen-bond acceptors (Lipinski definition) is 3. The molecule has 1 atom stereocenters. The molecule has 20 heavy (non-hydrogen) atoms. The first-order valence-corrected chi connectivity index (χ1v) is 8.85. The molecule has 0 aliphatic heterocycles. The van der Waals surface area contributed by atoms with Crippen LogP contribution in [0.25, 0.3) is 0 Å². The molecule has 0 aromatic heterocycles. The molecule has 0 heterocycles. The van der Waals surface area contributed by atoms with Gasteiger partial charge in [0.05, 0.1) is 10.9 Å². The van der Waals surface area contributed by atoms with E-state index in [4.69, 9.17) is 10.1 Å². The van der Waals surface area contributed by atoms with Crippen molar-refractivity contribution < 1.29 is 4.21 Å². The quantitative estimate of drug-likeness (QED) is 0.783. The smallest absolute Gasteiger partial charge is 0.140 e. The van der Waals surface area contributed by atoms with Crippen molar-refractivity contribution in [2.24, 2.45) is 4.36 Å². The summed E-state index contributed by atoms with van der Waals surface area (Å²) >= 11 is 0. The lowest BCUT2D eigenvalue weighted by Crippen LogP contribution is -2.31. The summed E-state index contributed by atoms with van der Waals surface area (Å²) in [6.07, 6.45) is 1.80. The van der Waals surface area contributed by atoms with Crippen LogP contribution in [-0.4, -0.2) is 27.6 Å². The maximum Gasteiger partial charge on any atom is 0.140 e. The molecule has 0 saturated carbocycles. The number of anilines is 1. The fraction of sp³-hybridized carbons (Fsp3) is 0.600. The Kier molecular flexibility index (Phi) is 6.49. The molecule has 0 spiro atoms. The Morgan fingerprint density at radius 1 is 1.20 bits per heavy atom. The zero-order valence-corrected chi connectivity index (χ0v) is 13.8. The summed E-state index contributed by atoms with van der Waals surface area (Å²) in [5.74, 6) is 0. The van der Waals surface area contributed by atoms with E-state index < -0.39 is 9.92 Å². The fourth-order valence-corrected chi connectivity index (χ4v) is 4.67. The standard InChI is InChI=1S/C15H27N3OS/c1-5-14(6-2)17-20(19,18(7-3)8-4)15-11-9-10-13(16)12-15/h9-12,14H,5-8,16H2,1-4H3. The molecule has 0 aliphatic carbocycles. The summed E-state index contributed by atoms with van der Waals surface area (Å²) in [5.41, 5.74) is 6.48. The van der Waals surface area contributed by atoms with Crippen molar-refractivity contribution in [3.05, 3.63) is 24.3 Å². The largest absolute Gasteiger partial charge is 0.399 e. The molecule has 0 aliphatic rings. The monoisotopic (exact) mass is 297 g/mol. The van der Waals surface area contributed by atoms with Gasteiger partial charge in [0.2, 0.25) is 0 Å². The van der Waals surface area contributed by atoms with E-state index in [0.717, 1.165) is 12.8 Å². The van der Waals surface area contributed by atoms with Crippen LogP contribution in [-0.2, 0) is 9.92 Å². The molecular formula is C15H27N3OS. The average molecular weight is 297 g/mol. The summed E-state index contributed by atoms with van der Waals surface area (Å²) in [6.45, 7) is 9.59. The minimum Gasteiger partial charge on any atom is -0.399 e. The normalized spacial score (nSPS) is 14.5. The van der Waals surface area contributed by atoms with Gasteiger partial charge in [0.15, 0.2) is 0 Å². The van der Waals surface area contributed by atoms with Crippen LogP contribution in [0.15, 0.2) is 33.5 Å². The van der Waals surface area contributed by atoms with Gasteiger partial charge in [0.25, 0.3) is 0 Å². The van der Waals surface area contributed by atoms with Gasteiger partial charge < -0.3 is 5.73 Å². The summed E-state index contributed by atoms with van der Waals surface area (Å²) < 4.78 is 20.2. The van der Waals surface area contributed by atoms with Crippen LogP contribution in [0, 0.1) is 0 Å². The minimum atomic E-state index is -2.58. The number of rotatable bonds is 7. The van der Waals surface area contributed by atoms with Gasteiger partial charge in [-0.3, -0.25) is 0 Å². The highest BCUT2D eigenvalue weighted by atomic mass is 32.2. The Morgan fingerprint density at radius 3 is 2.25 bits per heavy atom. The third-order valence-electron chi connectivity index (χ3n) is 3.45. The van der Waals surface area contributed by atoms with Crippen LogP contribution in [0.4, 0.5) is 5.69 Å². The van der Waals surface area contributed by atoms with Crippen LogP contribution in [0.5, 0.6) is 0 Å². The minimum absolute atomic E-state index is 0.115. The van der Waals surface area contributed by atoms with Crippen LogP contribution in [0.3, 0.4) is 0 Å². The molecule has 114 valence electrons. The number of nitrogen functional groups attached to an aromatic ring is 1. The van der Waals surface area contributed by atoms with Crippen LogP contribution >= 0.6 is 0 Å². The van der Waals surface area contributed by atoms with Gasteiger partial charge in [-0.15, -0.1) is 0 Å². The zero-order valence-electron chi connectivity index (χ0n) is 13.0. The zero-order chi connectivity index (χ0) is 15.2. The second-order valence-corrected chi connectivity index (χ2v) is 6.95. The van der Waals surface area contributed by atoms with Gasteiger partial charge in [-0.05, 0) is 31.0 Å². The number of nitrogens with zero attached hydrogens (tertiary/aromatic N) is 2. The van der Waals surface area contributed by atoms with Gasteiger partial charge in [-0.25, -0.2) is 12.9 Å². The topological polar surface area (TPSA) is 58.7 Å². The second-order valence-electron chi connectivity index (χ2n) is 4.76. The second kappa shape index (κ2) is 7.64. The molecule has 2 N–H and O–H groups in total. The average Bonchev–Trinajstić information content (AvgIpc) is 2.46. The third-order valence-corrected chi connectivity index (χ3v) is 6.12. The van der Waals surface area contributed by atoms with E-state index in [-0.39, 0.29) is 6.04 Å². The maximum atomic E-state index is 13.5. The van der Waals surface area contributed by atoms with E-state index in [1.54, 1.807) is 6.07 Å². The Labute approximate surface area is 123 Å². The Hall–Kier alpha value is -1.07. The molecule has 0 bridgehead atoms. The maximum absolute atomic E-state index is 13.5. The van der Waals surface area contributed by atoms with Crippen molar-refractivity contribution in [2.45, 2.75) is 51.5 Å². The summed E-state index contributed by atoms with van der Waals surface area (Å²) in [5, 5.41) is 0. The lowest BCUT2D eigenvalue weighted by atomic mass is 10.2. The molecule has 1 aromatic rings. The highest BCUT2D eigenvalue weighted by Crippen LogP contribution is 2.23. The van der Waals surface area contributed by atoms with E-state index in [1.807, 2.05) is 36.4 Å². The Balaban J connectivity index is 3.45. The van der Waals surface area contributed by atoms with Gasteiger partial charge >= 0.3 is 0 Å². The fourth-order valence-electron chi connectivity index (χ4n) is 2.17. The van der Waals surface area contributed by atoms with Gasteiger partial charge in [0.1, 0.15) is 9.92 Å².